The first-order valence-corrected chi connectivity index (χ1v) is 21.6. The number of imide groups is 2. The molecule has 5 fully saturated rings. The number of hydrogen-bond donors (Lipinski definition) is 1. The van der Waals surface area contributed by atoms with Crippen LogP contribution in [0, 0.1) is 17.9 Å². The Morgan fingerprint density at radius 2 is 1.57 bits per heavy atom. The summed E-state index contributed by atoms with van der Waals surface area (Å²) < 4.78 is 0. The molecule has 6 aliphatic heterocycles. The van der Waals surface area contributed by atoms with Crippen LogP contribution in [0.3, 0.4) is 0 Å². The third kappa shape index (κ3) is 7.58. The van der Waals surface area contributed by atoms with E-state index in [9.17, 15) is 24.0 Å². The number of hydrogen-bond acceptors (Lipinski definition) is 10. The zero-order valence-electron chi connectivity index (χ0n) is 33.9. The molecular weight excluding hydrogens is 782 g/mol. The number of benzene rings is 2. The van der Waals surface area contributed by atoms with E-state index in [0.717, 1.165) is 106 Å². The highest BCUT2D eigenvalue weighted by Gasteiger charge is 2.46. The molecule has 1 unspecified atom stereocenters. The van der Waals surface area contributed by atoms with Crippen LogP contribution in [0.5, 0.6) is 0 Å². The molecule has 2 aromatic carbocycles. The number of nitrogens with one attached hydrogen (secondary N) is 1. The van der Waals surface area contributed by atoms with Crippen molar-refractivity contribution in [1.29, 1.82) is 0 Å². The van der Waals surface area contributed by atoms with Crippen LogP contribution in [0.4, 0.5) is 22.9 Å². The lowest BCUT2D eigenvalue weighted by atomic mass is 9.76. The van der Waals surface area contributed by atoms with Crippen LogP contribution >= 0.6 is 11.6 Å². The maximum absolute atomic E-state index is 13.6. The lowest BCUT2D eigenvalue weighted by Gasteiger charge is -2.40. The minimum atomic E-state index is -1.00. The molecule has 0 saturated carbocycles. The minimum absolute atomic E-state index is 0.0770. The maximum Gasteiger partial charge on any atom is 0.263 e. The Hall–Kier alpha value is -5.52. The number of rotatable bonds is 7. The van der Waals surface area contributed by atoms with E-state index in [1.54, 1.807) is 6.07 Å². The van der Waals surface area contributed by atoms with E-state index in [0.29, 0.717) is 41.6 Å². The summed E-state index contributed by atoms with van der Waals surface area (Å²) in [5.41, 5.74) is 4.17. The first kappa shape index (κ1) is 39.9. The molecule has 2 atom stereocenters. The van der Waals surface area contributed by atoms with Gasteiger partial charge in [-0.25, -0.2) is 9.83 Å². The molecule has 9 rings (SSSR count). The van der Waals surface area contributed by atoms with E-state index in [4.69, 9.17) is 18.2 Å². The molecule has 15 heteroatoms. The van der Waals surface area contributed by atoms with E-state index in [2.05, 4.69) is 53.8 Å². The Bertz CT molecular complexity index is 2250. The van der Waals surface area contributed by atoms with E-state index in [-0.39, 0.29) is 35.3 Å². The van der Waals surface area contributed by atoms with Gasteiger partial charge >= 0.3 is 0 Å². The largest absolute Gasteiger partial charge is 0.371 e. The van der Waals surface area contributed by atoms with Crippen LogP contribution in [0.1, 0.15) is 82.9 Å². The van der Waals surface area contributed by atoms with Crippen molar-refractivity contribution in [2.75, 3.05) is 80.1 Å². The number of amides is 5. The van der Waals surface area contributed by atoms with Gasteiger partial charge in [-0.15, -0.1) is 0 Å². The van der Waals surface area contributed by atoms with Gasteiger partial charge in [0.1, 0.15) is 11.9 Å². The van der Waals surface area contributed by atoms with Crippen molar-refractivity contribution in [1.82, 2.24) is 25.0 Å². The molecule has 60 heavy (non-hydrogen) atoms. The molecule has 7 heterocycles. The van der Waals surface area contributed by atoms with Crippen LogP contribution in [-0.2, 0) is 9.59 Å². The Labute approximate surface area is 355 Å². The van der Waals surface area contributed by atoms with Crippen molar-refractivity contribution in [3.05, 3.63) is 87.9 Å². The molecule has 6 aliphatic rings. The molecule has 5 saturated heterocycles. The highest BCUT2D eigenvalue weighted by atomic mass is 35.5. The SMILES string of the molecule is [C-]#[N+]c1ccc(N2CC3(CCN(c4ccc(C(=O)N5CCN(CC6CCN(c7cc8c(cn7)C(=O)N(C7CCC(=O)NC7=O)C8=O)CC6)CC5)cc4)CC3)C[C@@H]2C)cc1Cl. The van der Waals surface area contributed by atoms with E-state index >= 15 is 0 Å². The van der Waals surface area contributed by atoms with Crippen molar-refractivity contribution >= 4 is 64.0 Å². The number of halogens is 1. The number of piperidine rings is 3. The topological polar surface area (TPSA) is 134 Å². The van der Waals surface area contributed by atoms with Crippen molar-refractivity contribution < 1.29 is 24.0 Å². The van der Waals surface area contributed by atoms with Crippen LogP contribution in [0.2, 0.25) is 5.02 Å². The third-order valence-corrected chi connectivity index (χ3v) is 14.2. The number of fused-ring (bicyclic) bond motifs is 1. The minimum Gasteiger partial charge on any atom is -0.371 e. The predicted octanol–water partition coefficient (Wildman–Crippen LogP) is 5.25. The first-order chi connectivity index (χ1) is 29.0. The average Bonchev–Trinajstić information content (AvgIpc) is 3.71. The molecule has 1 aromatic heterocycles. The number of nitrogens with zero attached hydrogens (tertiary/aromatic N) is 8. The summed E-state index contributed by atoms with van der Waals surface area (Å²) >= 11 is 6.39. The molecule has 1 spiro atoms. The van der Waals surface area contributed by atoms with Crippen molar-refractivity contribution in [3.8, 4) is 0 Å². The lowest BCUT2D eigenvalue weighted by Crippen LogP contribution is -2.54. The Morgan fingerprint density at radius 3 is 2.25 bits per heavy atom. The van der Waals surface area contributed by atoms with Crippen LogP contribution < -0.4 is 20.0 Å². The second kappa shape index (κ2) is 16.2. The molecule has 312 valence electrons. The smallest absolute Gasteiger partial charge is 0.263 e. The van der Waals surface area contributed by atoms with E-state index in [1.807, 2.05) is 35.2 Å². The normalized spacial score (nSPS) is 23.6. The van der Waals surface area contributed by atoms with Gasteiger partial charge in [-0.05, 0) is 99.2 Å². The maximum atomic E-state index is 13.6. The van der Waals surface area contributed by atoms with E-state index in [1.165, 1.54) is 6.20 Å². The van der Waals surface area contributed by atoms with Gasteiger partial charge in [0.05, 0.1) is 17.7 Å². The zero-order chi connectivity index (χ0) is 41.7. The van der Waals surface area contributed by atoms with Gasteiger partial charge < -0.3 is 19.6 Å². The number of aromatic nitrogens is 1. The van der Waals surface area contributed by atoms with Gasteiger partial charge in [0.2, 0.25) is 17.5 Å². The average molecular weight is 832 g/mol. The fourth-order valence-electron chi connectivity index (χ4n) is 10.4. The third-order valence-electron chi connectivity index (χ3n) is 13.9. The summed E-state index contributed by atoms with van der Waals surface area (Å²) in [6.45, 7) is 18.1. The summed E-state index contributed by atoms with van der Waals surface area (Å²) in [7, 11) is 0. The van der Waals surface area contributed by atoms with Crippen LogP contribution in [-0.4, -0.2) is 127 Å². The molecule has 0 aliphatic carbocycles. The Morgan fingerprint density at radius 1 is 0.867 bits per heavy atom. The standard InChI is InChI=1S/C45H50ClN9O5/c1-29-25-45(28-54(29)33-7-8-37(47-2)36(46)23-33)13-17-51(18-14-45)32-5-3-31(4-6-32)42(58)53-21-19-50(20-22-53)27-30-11-15-52(16-12-30)39-24-34-35(26-48-39)44(60)55(43(34)59)38-9-10-40(56)49-41(38)57/h3-8,23-24,26,29-30,38H,9-22,25,27-28H2,1H3,(H,49,56,57)/t29-,38?/m0/s1. The highest BCUT2D eigenvalue weighted by Crippen LogP contribution is 2.46. The number of piperazine rings is 1. The summed E-state index contributed by atoms with van der Waals surface area (Å²) in [4.78, 5) is 84.5. The van der Waals surface area contributed by atoms with Gasteiger partial charge in [0.15, 0.2) is 0 Å². The first-order valence-electron chi connectivity index (χ1n) is 21.3. The van der Waals surface area contributed by atoms with Crippen LogP contribution in [0.25, 0.3) is 4.85 Å². The van der Waals surface area contributed by atoms with Crippen molar-refractivity contribution in [2.45, 2.75) is 64.0 Å². The fourth-order valence-corrected chi connectivity index (χ4v) is 10.6. The van der Waals surface area contributed by atoms with E-state index < -0.39 is 29.7 Å². The van der Waals surface area contributed by atoms with Gasteiger partial charge in [0.25, 0.3) is 17.7 Å². The molecule has 1 N–H and O–H groups in total. The second-order valence-electron chi connectivity index (χ2n) is 17.5. The van der Waals surface area contributed by atoms with Gasteiger partial charge in [-0.3, -0.25) is 39.1 Å². The van der Waals surface area contributed by atoms with Crippen molar-refractivity contribution in [3.63, 3.8) is 0 Å². The van der Waals surface area contributed by atoms with Crippen LogP contribution in [0.15, 0.2) is 54.7 Å². The Kier molecular flexibility index (Phi) is 10.7. The zero-order valence-corrected chi connectivity index (χ0v) is 34.7. The number of carbonyl (C=O) groups is 5. The second-order valence-corrected chi connectivity index (χ2v) is 17.9. The quantitative estimate of drug-likeness (QED) is 0.249. The molecular formula is C45H50ClN9O5. The van der Waals surface area contributed by atoms with Gasteiger partial charge in [-0.2, -0.15) is 0 Å². The number of carbonyl (C=O) groups excluding carboxylic acids is 5. The van der Waals surface area contributed by atoms with Gasteiger partial charge in [0, 0.05) is 106 Å². The highest BCUT2D eigenvalue weighted by molar-refractivity contribution is 6.33. The molecule has 0 radical (unpaired) electrons. The predicted molar refractivity (Wildman–Crippen MR) is 228 cm³/mol. The summed E-state index contributed by atoms with van der Waals surface area (Å²) in [6.07, 6.45) is 6.91. The van der Waals surface area contributed by atoms with Gasteiger partial charge in [-0.1, -0.05) is 17.7 Å². The summed E-state index contributed by atoms with van der Waals surface area (Å²) in [5.74, 6) is -0.880. The molecule has 3 aromatic rings. The molecule has 14 nitrogen and oxygen atoms in total. The Balaban J connectivity index is 0.717. The summed E-state index contributed by atoms with van der Waals surface area (Å²) in [6, 6.07) is 15.0. The van der Waals surface area contributed by atoms with Crippen molar-refractivity contribution in [2.24, 2.45) is 11.3 Å². The number of pyridine rings is 1. The number of anilines is 3. The summed E-state index contributed by atoms with van der Waals surface area (Å²) in [5, 5.41) is 2.74. The monoisotopic (exact) mass is 831 g/mol. The fraction of sp³-hybridized carbons (Fsp3) is 0.489. The molecule has 0 bridgehead atoms. The lowest BCUT2D eigenvalue weighted by molar-refractivity contribution is -0.136. The molecule has 5 amide bonds.